The average molecular weight is 277 g/mol. The molecule has 7 heteroatoms. The molecule has 0 aromatic carbocycles. The third-order valence-electron chi connectivity index (χ3n) is 3.68. The lowest BCUT2D eigenvalue weighted by Crippen LogP contribution is -2.34. The van der Waals surface area contributed by atoms with Gasteiger partial charge in [0.15, 0.2) is 0 Å². The highest BCUT2D eigenvalue weighted by Crippen LogP contribution is 2.39. The molecule has 3 rings (SSSR count). The molecule has 1 aromatic rings. The fourth-order valence-electron chi connectivity index (χ4n) is 2.36. The van der Waals surface area contributed by atoms with Gasteiger partial charge in [0.25, 0.3) is 0 Å². The second-order valence-electron chi connectivity index (χ2n) is 5.20. The Balaban J connectivity index is 1.67. The van der Waals surface area contributed by atoms with Gasteiger partial charge < -0.3 is 9.52 Å². The van der Waals surface area contributed by atoms with Crippen molar-refractivity contribution in [3.63, 3.8) is 0 Å². The van der Waals surface area contributed by atoms with E-state index in [1.165, 1.54) is 0 Å². The van der Waals surface area contributed by atoms with Crippen LogP contribution in [0.5, 0.6) is 0 Å². The van der Waals surface area contributed by atoms with Crippen molar-refractivity contribution in [1.82, 2.24) is 10.2 Å². The monoisotopic (exact) mass is 277 g/mol. The van der Waals surface area contributed by atoms with Gasteiger partial charge >= 0.3 is 12.0 Å². The molecule has 0 saturated heterocycles. The van der Waals surface area contributed by atoms with E-state index in [0.717, 1.165) is 12.8 Å². The predicted octanol–water partition coefficient (Wildman–Crippen LogP) is 1.55. The number of hydrogen-bond donors (Lipinski definition) is 2. The lowest BCUT2D eigenvalue weighted by atomic mass is 9.82. The minimum absolute atomic E-state index is 0.0515. The summed E-state index contributed by atoms with van der Waals surface area (Å²) in [7, 11) is 0. The third kappa shape index (κ3) is 2.56. The number of rotatable bonds is 4. The molecule has 20 heavy (non-hydrogen) atoms. The van der Waals surface area contributed by atoms with Crippen molar-refractivity contribution < 1.29 is 19.1 Å². The first-order chi connectivity index (χ1) is 9.65. The summed E-state index contributed by atoms with van der Waals surface area (Å²) in [6.45, 7) is 0. The van der Waals surface area contributed by atoms with Crippen LogP contribution in [0.15, 0.2) is 16.6 Å². The van der Waals surface area contributed by atoms with E-state index in [1.807, 2.05) is 6.08 Å². The Hall–Kier alpha value is -2.18. The largest absolute Gasteiger partial charge is 0.481 e. The SMILES string of the molecule is O=C(O)C1CC=CCC1C(=O)Nc1nnc(C2CC2)o1. The van der Waals surface area contributed by atoms with Gasteiger partial charge in [0.05, 0.1) is 11.8 Å². The summed E-state index contributed by atoms with van der Waals surface area (Å²) in [5.74, 6) is -1.79. The van der Waals surface area contributed by atoms with Gasteiger partial charge in [-0.2, -0.15) is 0 Å². The number of hydrogen-bond acceptors (Lipinski definition) is 5. The minimum Gasteiger partial charge on any atom is -0.481 e. The molecule has 106 valence electrons. The maximum absolute atomic E-state index is 12.1. The van der Waals surface area contributed by atoms with Crippen LogP contribution >= 0.6 is 0 Å². The molecule has 2 aliphatic rings. The van der Waals surface area contributed by atoms with Gasteiger partial charge in [0.2, 0.25) is 11.8 Å². The second-order valence-corrected chi connectivity index (χ2v) is 5.20. The van der Waals surface area contributed by atoms with Crippen molar-refractivity contribution in [2.75, 3.05) is 5.32 Å². The first-order valence-electron chi connectivity index (χ1n) is 6.67. The highest BCUT2D eigenvalue weighted by Gasteiger charge is 2.35. The number of amides is 1. The summed E-state index contributed by atoms with van der Waals surface area (Å²) in [4.78, 5) is 23.3. The van der Waals surface area contributed by atoms with Gasteiger partial charge in [-0.1, -0.05) is 17.3 Å². The molecule has 1 heterocycles. The lowest BCUT2D eigenvalue weighted by Gasteiger charge is -2.23. The van der Waals surface area contributed by atoms with E-state index in [1.54, 1.807) is 6.08 Å². The fraction of sp³-hybridized carbons (Fsp3) is 0.538. The fourth-order valence-corrected chi connectivity index (χ4v) is 2.36. The molecule has 0 aliphatic heterocycles. The number of anilines is 1. The van der Waals surface area contributed by atoms with Gasteiger partial charge in [-0.3, -0.25) is 14.9 Å². The summed E-state index contributed by atoms with van der Waals surface area (Å²) in [6, 6.07) is 0.0515. The third-order valence-corrected chi connectivity index (χ3v) is 3.68. The van der Waals surface area contributed by atoms with Crippen LogP contribution in [0.4, 0.5) is 6.01 Å². The molecule has 1 aromatic heterocycles. The standard InChI is InChI=1S/C13H15N3O4/c17-10(8-3-1-2-4-9(8)12(18)19)14-13-16-15-11(20-13)7-5-6-7/h1-2,7-9H,3-6H2,(H,18,19)(H,14,16,17). The van der Waals surface area contributed by atoms with Crippen LogP contribution < -0.4 is 5.32 Å². The number of nitrogens with one attached hydrogen (secondary N) is 1. The van der Waals surface area contributed by atoms with E-state index < -0.39 is 17.8 Å². The predicted molar refractivity (Wildman–Crippen MR) is 67.9 cm³/mol. The molecule has 7 nitrogen and oxygen atoms in total. The number of nitrogens with zero attached hydrogens (tertiary/aromatic N) is 2. The molecule has 2 N–H and O–H groups in total. The maximum atomic E-state index is 12.1. The van der Waals surface area contributed by atoms with Gasteiger partial charge in [-0.15, -0.1) is 5.10 Å². The van der Waals surface area contributed by atoms with Crippen molar-refractivity contribution in [2.24, 2.45) is 11.8 Å². The minimum atomic E-state index is -0.960. The molecule has 0 radical (unpaired) electrons. The smallest absolute Gasteiger partial charge is 0.322 e. The van der Waals surface area contributed by atoms with Crippen LogP contribution in [0.2, 0.25) is 0 Å². The van der Waals surface area contributed by atoms with Crippen molar-refractivity contribution in [3.8, 4) is 0 Å². The Labute approximate surface area is 115 Å². The lowest BCUT2D eigenvalue weighted by molar-refractivity contribution is -0.146. The van der Waals surface area contributed by atoms with Crippen LogP contribution in [0.1, 0.15) is 37.5 Å². The first kappa shape index (κ1) is 12.8. The Morgan fingerprint density at radius 3 is 2.55 bits per heavy atom. The van der Waals surface area contributed by atoms with E-state index in [4.69, 9.17) is 9.52 Å². The molecule has 1 fully saturated rings. The molecule has 2 aliphatic carbocycles. The molecule has 0 spiro atoms. The highest BCUT2D eigenvalue weighted by atomic mass is 16.4. The Morgan fingerprint density at radius 1 is 1.20 bits per heavy atom. The topological polar surface area (TPSA) is 105 Å². The number of carbonyl (C=O) groups is 2. The zero-order chi connectivity index (χ0) is 14.1. The summed E-state index contributed by atoms with van der Waals surface area (Å²) in [6.07, 6.45) is 6.46. The summed E-state index contributed by atoms with van der Waals surface area (Å²) in [5.41, 5.74) is 0. The van der Waals surface area contributed by atoms with Crippen LogP contribution in [-0.4, -0.2) is 27.2 Å². The second kappa shape index (κ2) is 5.07. The zero-order valence-corrected chi connectivity index (χ0v) is 10.8. The van der Waals surface area contributed by atoms with Crippen LogP contribution in [0.25, 0.3) is 0 Å². The van der Waals surface area contributed by atoms with Crippen LogP contribution in [0, 0.1) is 11.8 Å². The van der Waals surface area contributed by atoms with E-state index >= 15 is 0 Å². The number of aliphatic carboxylic acids is 1. The molecule has 2 unspecified atom stereocenters. The zero-order valence-electron chi connectivity index (χ0n) is 10.8. The molecular weight excluding hydrogens is 262 g/mol. The molecule has 2 atom stereocenters. The van der Waals surface area contributed by atoms with Crippen molar-refractivity contribution in [1.29, 1.82) is 0 Å². The summed E-state index contributed by atoms with van der Waals surface area (Å²) >= 11 is 0. The number of allylic oxidation sites excluding steroid dienone is 2. The molecule has 0 bridgehead atoms. The Kier molecular flexibility index (Phi) is 3.25. The van der Waals surface area contributed by atoms with E-state index in [9.17, 15) is 9.59 Å². The first-order valence-corrected chi connectivity index (χ1v) is 6.67. The Bertz CT molecular complexity index is 562. The number of carboxylic acids is 1. The van der Waals surface area contributed by atoms with Gasteiger partial charge in [0, 0.05) is 5.92 Å². The molecule has 1 saturated carbocycles. The van der Waals surface area contributed by atoms with Crippen molar-refractivity contribution in [2.45, 2.75) is 31.6 Å². The van der Waals surface area contributed by atoms with E-state index in [2.05, 4.69) is 15.5 Å². The van der Waals surface area contributed by atoms with Crippen LogP contribution in [-0.2, 0) is 9.59 Å². The normalized spacial score (nSPS) is 25.4. The van der Waals surface area contributed by atoms with Crippen molar-refractivity contribution >= 4 is 17.9 Å². The highest BCUT2D eigenvalue weighted by molar-refractivity contribution is 5.93. The van der Waals surface area contributed by atoms with E-state index in [0.29, 0.717) is 24.7 Å². The summed E-state index contributed by atoms with van der Waals surface area (Å²) < 4.78 is 5.35. The Morgan fingerprint density at radius 2 is 1.90 bits per heavy atom. The number of carboxylic acid groups (broad SMARTS) is 1. The maximum Gasteiger partial charge on any atom is 0.322 e. The van der Waals surface area contributed by atoms with Crippen molar-refractivity contribution in [3.05, 3.63) is 18.0 Å². The number of aromatic nitrogens is 2. The number of carbonyl (C=O) groups excluding carboxylic acids is 1. The quantitative estimate of drug-likeness (QED) is 0.809. The summed E-state index contributed by atoms with van der Waals surface area (Å²) in [5, 5.41) is 19.3. The average Bonchev–Trinajstić information content (AvgIpc) is 3.19. The van der Waals surface area contributed by atoms with Crippen LogP contribution in [0.3, 0.4) is 0 Å². The molecular formula is C13H15N3O4. The van der Waals surface area contributed by atoms with Gasteiger partial charge in [-0.05, 0) is 25.7 Å². The van der Waals surface area contributed by atoms with Gasteiger partial charge in [-0.25, -0.2) is 0 Å². The van der Waals surface area contributed by atoms with Gasteiger partial charge in [0.1, 0.15) is 0 Å². The molecule has 1 amide bonds. The van der Waals surface area contributed by atoms with E-state index in [-0.39, 0.29) is 11.9 Å².